The first-order valence-electron chi connectivity index (χ1n) is 7.62. The first-order chi connectivity index (χ1) is 12.0. The second kappa shape index (κ2) is 8.94. The minimum absolute atomic E-state index is 0.110. The Hall–Kier alpha value is -2.73. The van der Waals surface area contributed by atoms with Crippen LogP contribution in [0.2, 0.25) is 5.02 Å². The van der Waals surface area contributed by atoms with Crippen LogP contribution in [0.15, 0.2) is 42.5 Å². The van der Waals surface area contributed by atoms with Gasteiger partial charge < -0.3 is 20.5 Å². The molecule has 0 aliphatic carbocycles. The highest BCUT2D eigenvalue weighted by atomic mass is 35.5. The SMILES string of the molecule is COc1cc(N)c(Cl)cc1C(=O)OCC(=O)NCCc1ccccc1. The van der Waals surface area contributed by atoms with Gasteiger partial charge in [0, 0.05) is 12.6 Å². The normalized spacial score (nSPS) is 10.2. The number of esters is 1. The lowest BCUT2D eigenvalue weighted by molar-refractivity contribution is -0.124. The van der Waals surface area contributed by atoms with E-state index >= 15 is 0 Å². The number of nitrogen functional groups attached to an aromatic ring is 1. The number of nitrogens with one attached hydrogen (secondary N) is 1. The number of amides is 1. The monoisotopic (exact) mass is 362 g/mol. The summed E-state index contributed by atoms with van der Waals surface area (Å²) in [6.07, 6.45) is 0.696. The van der Waals surface area contributed by atoms with E-state index in [0.717, 1.165) is 5.56 Å². The summed E-state index contributed by atoms with van der Waals surface area (Å²) in [5, 5.41) is 2.90. The van der Waals surface area contributed by atoms with Gasteiger partial charge in [-0.15, -0.1) is 0 Å². The van der Waals surface area contributed by atoms with Gasteiger partial charge in [0.25, 0.3) is 5.91 Å². The summed E-state index contributed by atoms with van der Waals surface area (Å²) in [7, 11) is 1.40. The van der Waals surface area contributed by atoms with Crippen molar-refractivity contribution in [3.63, 3.8) is 0 Å². The third-order valence-electron chi connectivity index (χ3n) is 3.45. The van der Waals surface area contributed by atoms with E-state index in [2.05, 4.69) is 5.32 Å². The van der Waals surface area contributed by atoms with E-state index in [4.69, 9.17) is 26.8 Å². The van der Waals surface area contributed by atoms with Gasteiger partial charge in [0.1, 0.15) is 11.3 Å². The standard InChI is InChI=1S/C18H19ClN2O4/c1-24-16-10-15(20)14(19)9-13(16)18(23)25-11-17(22)21-8-7-12-5-3-2-4-6-12/h2-6,9-10H,7-8,11,20H2,1H3,(H,21,22). The maximum absolute atomic E-state index is 12.1. The van der Waals surface area contributed by atoms with Crippen molar-refractivity contribution in [1.29, 1.82) is 0 Å². The van der Waals surface area contributed by atoms with E-state index in [-0.39, 0.29) is 27.9 Å². The molecule has 7 heteroatoms. The highest BCUT2D eigenvalue weighted by molar-refractivity contribution is 6.33. The number of anilines is 1. The molecule has 0 unspecified atom stereocenters. The first kappa shape index (κ1) is 18.6. The maximum Gasteiger partial charge on any atom is 0.342 e. The summed E-state index contributed by atoms with van der Waals surface area (Å²) in [5.74, 6) is -0.863. The zero-order valence-corrected chi connectivity index (χ0v) is 14.5. The predicted molar refractivity (Wildman–Crippen MR) is 95.9 cm³/mol. The quantitative estimate of drug-likeness (QED) is 0.583. The lowest BCUT2D eigenvalue weighted by Gasteiger charge is -2.11. The summed E-state index contributed by atoms with van der Waals surface area (Å²) >= 11 is 5.91. The molecule has 25 heavy (non-hydrogen) atoms. The average Bonchev–Trinajstić information content (AvgIpc) is 2.62. The molecule has 0 saturated heterocycles. The fourth-order valence-corrected chi connectivity index (χ4v) is 2.31. The number of methoxy groups -OCH3 is 1. The van der Waals surface area contributed by atoms with Crippen LogP contribution in [0.1, 0.15) is 15.9 Å². The van der Waals surface area contributed by atoms with Crippen LogP contribution in [-0.4, -0.2) is 32.1 Å². The van der Waals surface area contributed by atoms with E-state index in [1.165, 1.54) is 19.2 Å². The molecule has 0 aliphatic heterocycles. The van der Waals surface area contributed by atoms with Gasteiger partial charge in [0.05, 0.1) is 17.8 Å². The van der Waals surface area contributed by atoms with Gasteiger partial charge in [-0.05, 0) is 18.1 Å². The fourth-order valence-electron chi connectivity index (χ4n) is 2.15. The maximum atomic E-state index is 12.1. The Bertz CT molecular complexity index is 750. The number of halogens is 1. The summed E-state index contributed by atoms with van der Waals surface area (Å²) in [5.41, 5.74) is 7.17. The number of rotatable bonds is 7. The van der Waals surface area contributed by atoms with Crippen molar-refractivity contribution in [3.05, 3.63) is 58.6 Å². The predicted octanol–water partition coefficient (Wildman–Crippen LogP) is 2.45. The lowest BCUT2D eigenvalue weighted by Crippen LogP contribution is -2.30. The molecule has 3 N–H and O–H groups in total. The Labute approximate surface area is 150 Å². The van der Waals surface area contributed by atoms with Gasteiger partial charge >= 0.3 is 5.97 Å². The van der Waals surface area contributed by atoms with Crippen LogP contribution in [0.25, 0.3) is 0 Å². The largest absolute Gasteiger partial charge is 0.496 e. The van der Waals surface area contributed by atoms with Crippen LogP contribution in [0, 0.1) is 0 Å². The fraction of sp³-hybridized carbons (Fsp3) is 0.222. The molecule has 132 valence electrons. The van der Waals surface area contributed by atoms with E-state index in [9.17, 15) is 9.59 Å². The molecule has 2 aromatic carbocycles. The minimum Gasteiger partial charge on any atom is -0.496 e. The van der Waals surface area contributed by atoms with E-state index in [0.29, 0.717) is 13.0 Å². The van der Waals surface area contributed by atoms with Crippen LogP contribution in [0.4, 0.5) is 5.69 Å². The summed E-state index contributed by atoms with van der Waals surface area (Å²) in [6.45, 7) is 0.0657. The van der Waals surface area contributed by atoms with Crippen LogP contribution in [0.5, 0.6) is 5.75 Å². The Morgan fingerprint density at radius 2 is 1.92 bits per heavy atom. The number of hydrogen-bond acceptors (Lipinski definition) is 5. The molecule has 0 atom stereocenters. The molecule has 2 aromatic rings. The van der Waals surface area contributed by atoms with Crippen LogP contribution >= 0.6 is 11.6 Å². The highest BCUT2D eigenvalue weighted by Crippen LogP contribution is 2.29. The van der Waals surface area contributed by atoms with Gasteiger partial charge in [-0.25, -0.2) is 4.79 Å². The molecule has 0 saturated carbocycles. The number of ether oxygens (including phenoxy) is 2. The number of hydrogen-bond donors (Lipinski definition) is 2. The third-order valence-corrected chi connectivity index (χ3v) is 3.78. The molecule has 6 nitrogen and oxygen atoms in total. The molecular weight excluding hydrogens is 344 g/mol. The number of nitrogens with two attached hydrogens (primary N) is 1. The van der Waals surface area contributed by atoms with Crippen LogP contribution in [-0.2, 0) is 16.0 Å². The van der Waals surface area contributed by atoms with Crippen molar-refractivity contribution in [1.82, 2.24) is 5.32 Å². The molecule has 0 aliphatic rings. The Morgan fingerprint density at radius 1 is 1.20 bits per heavy atom. The molecule has 2 rings (SSSR count). The molecule has 0 heterocycles. The Balaban J connectivity index is 1.83. The highest BCUT2D eigenvalue weighted by Gasteiger charge is 2.17. The van der Waals surface area contributed by atoms with Gasteiger partial charge in [-0.3, -0.25) is 4.79 Å². The summed E-state index contributed by atoms with van der Waals surface area (Å²) < 4.78 is 10.1. The number of carbonyl (C=O) groups excluding carboxylic acids is 2. The second-order valence-electron chi connectivity index (χ2n) is 5.24. The minimum atomic E-state index is -0.711. The van der Waals surface area contributed by atoms with E-state index in [1.807, 2.05) is 30.3 Å². The molecule has 0 bridgehead atoms. The zero-order valence-electron chi connectivity index (χ0n) is 13.8. The number of benzene rings is 2. The second-order valence-corrected chi connectivity index (χ2v) is 5.64. The smallest absolute Gasteiger partial charge is 0.342 e. The van der Waals surface area contributed by atoms with Crippen molar-refractivity contribution in [3.8, 4) is 5.75 Å². The average molecular weight is 363 g/mol. The Morgan fingerprint density at radius 3 is 2.60 bits per heavy atom. The van der Waals surface area contributed by atoms with Gasteiger partial charge in [-0.2, -0.15) is 0 Å². The molecule has 0 fully saturated rings. The van der Waals surface area contributed by atoms with Crippen LogP contribution in [0.3, 0.4) is 0 Å². The van der Waals surface area contributed by atoms with Crippen molar-refractivity contribution >= 4 is 29.2 Å². The molecule has 0 spiro atoms. The van der Waals surface area contributed by atoms with E-state index < -0.39 is 12.6 Å². The topological polar surface area (TPSA) is 90.7 Å². The molecule has 1 amide bonds. The van der Waals surface area contributed by atoms with Crippen LogP contribution < -0.4 is 15.8 Å². The molecule has 0 aromatic heterocycles. The summed E-state index contributed by atoms with van der Waals surface area (Å²) in [4.78, 5) is 23.9. The van der Waals surface area contributed by atoms with Crippen molar-refractivity contribution < 1.29 is 19.1 Å². The zero-order chi connectivity index (χ0) is 18.2. The van der Waals surface area contributed by atoms with Crippen molar-refractivity contribution in [2.24, 2.45) is 0 Å². The summed E-state index contributed by atoms with van der Waals surface area (Å²) in [6, 6.07) is 12.5. The first-order valence-corrected chi connectivity index (χ1v) is 8.00. The molecular formula is C18H19ClN2O4. The Kier molecular flexibility index (Phi) is 6.65. The molecule has 0 radical (unpaired) electrons. The van der Waals surface area contributed by atoms with E-state index in [1.54, 1.807) is 0 Å². The lowest BCUT2D eigenvalue weighted by atomic mass is 10.1. The number of carbonyl (C=O) groups is 2. The van der Waals surface area contributed by atoms with Gasteiger partial charge in [0.15, 0.2) is 6.61 Å². The van der Waals surface area contributed by atoms with Crippen molar-refractivity contribution in [2.75, 3.05) is 26.0 Å². The van der Waals surface area contributed by atoms with Gasteiger partial charge in [0.2, 0.25) is 0 Å². The van der Waals surface area contributed by atoms with Gasteiger partial charge in [-0.1, -0.05) is 41.9 Å². The third kappa shape index (κ3) is 5.39. The van der Waals surface area contributed by atoms with Crippen molar-refractivity contribution in [2.45, 2.75) is 6.42 Å².